The molecule has 0 bridgehead atoms. The highest BCUT2D eigenvalue weighted by atomic mass is 19.1. The van der Waals surface area contributed by atoms with Gasteiger partial charge in [-0.3, -0.25) is 4.79 Å². The highest BCUT2D eigenvalue weighted by molar-refractivity contribution is 5.96. The number of nitrogens with zero attached hydrogens (tertiary/aromatic N) is 1. The van der Waals surface area contributed by atoms with Gasteiger partial charge < -0.3 is 20.1 Å². The molecule has 0 spiro atoms. The molecule has 0 unspecified atom stereocenters. The lowest BCUT2D eigenvalue weighted by atomic mass is 10.1. The van der Waals surface area contributed by atoms with Crippen molar-refractivity contribution in [2.45, 2.75) is 32.3 Å². The number of halogens is 1. The number of hydrogen-bond acceptors (Lipinski definition) is 4. The van der Waals surface area contributed by atoms with Crippen molar-refractivity contribution in [3.63, 3.8) is 0 Å². The molecular weight excluding hydrogens is 299 g/mol. The number of ether oxygens (including phenoxy) is 1. The Hall–Kier alpha value is -1.66. The van der Waals surface area contributed by atoms with Crippen LogP contribution < -0.4 is 10.1 Å². The Balaban J connectivity index is 1.78. The minimum absolute atomic E-state index is 0.0116. The molecule has 6 heteroatoms. The van der Waals surface area contributed by atoms with Gasteiger partial charge in [-0.25, -0.2) is 4.39 Å². The van der Waals surface area contributed by atoms with Crippen LogP contribution >= 0.6 is 0 Å². The molecule has 1 fully saturated rings. The van der Waals surface area contributed by atoms with E-state index in [4.69, 9.17) is 4.74 Å². The standard InChI is InChI=1S/C17H25FN2O3/c1-2-23-16-14(5-3-6-15(16)18)17(22)19-9-4-10-20-11-7-13(21)8-12-20/h3,5-6,13,21H,2,4,7-12H2,1H3,(H,19,22). The van der Waals surface area contributed by atoms with E-state index in [1.54, 1.807) is 13.0 Å². The monoisotopic (exact) mass is 324 g/mol. The van der Waals surface area contributed by atoms with Gasteiger partial charge in [-0.2, -0.15) is 0 Å². The highest BCUT2D eigenvalue weighted by Gasteiger charge is 2.17. The van der Waals surface area contributed by atoms with Crippen molar-refractivity contribution in [3.8, 4) is 5.75 Å². The molecule has 0 saturated carbocycles. The summed E-state index contributed by atoms with van der Waals surface area (Å²) >= 11 is 0. The molecule has 0 atom stereocenters. The fraction of sp³-hybridized carbons (Fsp3) is 0.588. The summed E-state index contributed by atoms with van der Waals surface area (Å²) in [4.78, 5) is 14.5. The summed E-state index contributed by atoms with van der Waals surface area (Å²) in [6, 6.07) is 4.35. The number of para-hydroxylation sites is 1. The molecule has 5 nitrogen and oxygen atoms in total. The summed E-state index contributed by atoms with van der Waals surface area (Å²) in [5.74, 6) is -0.828. The molecule has 0 aromatic heterocycles. The third-order valence-electron chi connectivity index (χ3n) is 3.99. The van der Waals surface area contributed by atoms with Crippen molar-refractivity contribution in [2.24, 2.45) is 0 Å². The average Bonchev–Trinajstić information content (AvgIpc) is 2.55. The van der Waals surface area contributed by atoms with Gasteiger partial charge in [0.05, 0.1) is 18.3 Å². The van der Waals surface area contributed by atoms with Crippen LogP contribution in [0, 0.1) is 5.82 Å². The number of aliphatic hydroxyl groups excluding tert-OH is 1. The Morgan fingerprint density at radius 1 is 1.43 bits per heavy atom. The van der Waals surface area contributed by atoms with Gasteiger partial charge in [0.2, 0.25) is 0 Å². The third-order valence-corrected chi connectivity index (χ3v) is 3.99. The molecule has 1 aliphatic heterocycles. The number of piperidine rings is 1. The number of nitrogens with one attached hydrogen (secondary N) is 1. The maximum Gasteiger partial charge on any atom is 0.255 e. The fourth-order valence-electron chi connectivity index (χ4n) is 2.72. The minimum Gasteiger partial charge on any atom is -0.490 e. The van der Waals surface area contributed by atoms with Gasteiger partial charge in [-0.1, -0.05) is 6.07 Å². The van der Waals surface area contributed by atoms with Crippen molar-refractivity contribution in [3.05, 3.63) is 29.6 Å². The lowest BCUT2D eigenvalue weighted by Crippen LogP contribution is -2.37. The summed E-state index contributed by atoms with van der Waals surface area (Å²) in [6.07, 6.45) is 2.28. The second-order valence-electron chi connectivity index (χ2n) is 5.73. The first kappa shape index (κ1) is 17.7. The van der Waals surface area contributed by atoms with E-state index in [-0.39, 0.29) is 23.3 Å². The van der Waals surface area contributed by atoms with E-state index < -0.39 is 5.82 Å². The Labute approximate surface area is 136 Å². The van der Waals surface area contributed by atoms with E-state index in [1.807, 2.05) is 0 Å². The zero-order valence-corrected chi connectivity index (χ0v) is 13.6. The number of amides is 1. The third kappa shape index (κ3) is 5.18. The molecule has 1 heterocycles. The lowest BCUT2D eigenvalue weighted by molar-refractivity contribution is 0.0816. The first-order valence-electron chi connectivity index (χ1n) is 8.21. The number of carbonyl (C=O) groups excluding carboxylic acids is 1. The van der Waals surface area contributed by atoms with E-state index in [0.717, 1.165) is 38.9 Å². The molecule has 128 valence electrons. The Morgan fingerprint density at radius 3 is 2.87 bits per heavy atom. The van der Waals surface area contributed by atoms with Crippen molar-refractivity contribution < 1.29 is 19.0 Å². The predicted molar refractivity (Wildman–Crippen MR) is 86.2 cm³/mol. The number of benzene rings is 1. The SMILES string of the molecule is CCOc1c(F)cccc1C(=O)NCCCN1CCC(O)CC1. The van der Waals surface area contributed by atoms with Gasteiger partial charge in [0.15, 0.2) is 11.6 Å². The molecule has 2 N–H and O–H groups in total. The Bertz CT molecular complexity index is 517. The van der Waals surface area contributed by atoms with Crippen LogP contribution in [0.3, 0.4) is 0 Å². The van der Waals surface area contributed by atoms with Crippen LogP contribution in [0.1, 0.15) is 36.5 Å². The van der Waals surface area contributed by atoms with Crippen molar-refractivity contribution in [1.82, 2.24) is 10.2 Å². The van der Waals surface area contributed by atoms with E-state index in [0.29, 0.717) is 13.2 Å². The quantitative estimate of drug-likeness (QED) is 0.751. The summed E-state index contributed by atoms with van der Waals surface area (Å²) < 4.78 is 19.0. The fourth-order valence-corrected chi connectivity index (χ4v) is 2.72. The van der Waals surface area contributed by atoms with Gasteiger partial charge in [0.1, 0.15) is 0 Å². The molecule has 0 aliphatic carbocycles. The lowest BCUT2D eigenvalue weighted by Gasteiger charge is -2.29. The summed E-state index contributed by atoms with van der Waals surface area (Å²) in [6.45, 7) is 5.27. The number of likely N-dealkylation sites (tertiary alicyclic amines) is 1. The second kappa shape index (κ2) is 8.84. The molecule has 1 saturated heterocycles. The van der Waals surface area contributed by atoms with E-state index in [1.165, 1.54) is 12.1 Å². The number of carbonyl (C=O) groups is 1. The normalized spacial score (nSPS) is 16.3. The maximum absolute atomic E-state index is 13.7. The summed E-state index contributed by atoms with van der Waals surface area (Å²) in [5, 5.41) is 12.3. The average molecular weight is 324 g/mol. The van der Waals surface area contributed by atoms with Crippen LogP contribution in [0.5, 0.6) is 5.75 Å². The van der Waals surface area contributed by atoms with E-state index >= 15 is 0 Å². The maximum atomic E-state index is 13.7. The first-order valence-corrected chi connectivity index (χ1v) is 8.21. The van der Waals surface area contributed by atoms with Gasteiger partial charge >= 0.3 is 0 Å². The van der Waals surface area contributed by atoms with Crippen LogP contribution in [0.15, 0.2) is 18.2 Å². The van der Waals surface area contributed by atoms with Crippen LogP contribution in [-0.2, 0) is 0 Å². The van der Waals surface area contributed by atoms with Gasteiger partial charge in [-0.15, -0.1) is 0 Å². The second-order valence-corrected chi connectivity index (χ2v) is 5.73. The molecule has 23 heavy (non-hydrogen) atoms. The molecule has 1 aromatic carbocycles. The number of hydrogen-bond donors (Lipinski definition) is 2. The molecule has 2 rings (SSSR count). The van der Waals surface area contributed by atoms with Crippen molar-refractivity contribution >= 4 is 5.91 Å². The molecular formula is C17H25FN2O3. The van der Waals surface area contributed by atoms with Crippen LogP contribution in [0.2, 0.25) is 0 Å². The molecule has 1 amide bonds. The predicted octanol–water partition coefficient (Wildman–Crippen LogP) is 1.80. The number of aliphatic hydroxyl groups is 1. The van der Waals surface area contributed by atoms with Crippen LogP contribution in [0.25, 0.3) is 0 Å². The number of rotatable bonds is 7. The van der Waals surface area contributed by atoms with Gasteiger partial charge in [0, 0.05) is 19.6 Å². The van der Waals surface area contributed by atoms with E-state index in [9.17, 15) is 14.3 Å². The topological polar surface area (TPSA) is 61.8 Å². The molecule has 1 aliphatic rings. The first-order chi connectivity index (χ1) is 11.1. The summed E-state index contributed by atoms with van der Waals surface area (Å²) in [7, 11) is 0. The van der Waals surface area contributed by atoms with Crippen molar-refractivity contribution in [2.75, 3.05) is 32.8 Å². The van der Waals surface area contributed by atoms with Crippen LogP contribution in [0.4, 0.5) is 4.39 Å². The highest BCUT2D eigenvalue weighted by Crippen LogP contribution is 2.22. The van der Waals surface area contributed by atoms with Gasteiger partial charge in [0.25, 0.3) is 5.91 Å². The largest absolute Gasteiger partial charge is 0.490 e. The summed E-state index contributed by atoms with van der Waals surface area (Å²) in [5.41, 5.74) is 0.230. The molecule has 1 aromatic rings. The van der Waals surface area contributed by atoms with E-state index in [2.05, 4.69) is 10.2 Å². The van der Waals surface area contributed by atoms with Crippen LogP contribution in [-0.4, -0.2) is 54.8 Å². The Kier molecular flexibility index (Phi) is 6.80. The zero-order valence-electron chi connectivity index (χ0n) is 13.6. The van der Waals surface area contributed by atoms with Crippen molar-refractivity contribution in [1.29, 1.82) is 0 Å². The van der Waals surface area contributed by atoms with Gasteiger partial charge in [-0.05, 0) is 44.9 Å². The smallest absolute Gasteiger partial charge is 0.255 e. The zero-order chi connectivity index (χ0) is 16.7. The Morgan fingerprint density at radius 2 is 2.17 bits per heavy atom. The molecule has 0 radical (unpaired) electrons. The minimum atomic E-state index is -0.522.